The average molecular weight is 321 g/mol. The molecule has 0 saturated heterocycles. The Morgan fingerprint density at radius 3 is 2.65 bits per heavy atom. The first-order valence-electron chi connectivity index (χ1n) is 8.57. The van der Waals surface area contributed by atoms with Crippen LogP contribution in [0, 0.1) is 5.92 Å². The van der Waals surface area contributed by atoms with Crippen molar-refractivity contribution in [1.82, 2.24) is 15.1 Å². The van der Waals surface area contributed by atoms with Gasteiger partial charge in [0, 0.05) is 18.5 Å². The van der Waals surface area contributed by atoms with Crippen molar-refractivity contribution in [3.8, 4) is 0 Å². The predicted octanol–water partition coefficient (Wildman–Crippen LogP) is 2.96. The second-order valence-corrected chi connectivity index (χ2v) is 6.45. The number of nitrogens with one attached hydrogen (secondary N) is 1. The molecule has 0 aromatic carbocycles. The van der Waals surface area contributed by atoms with Crippen LogP contribution in [0.25, 0.3) is 0 Å². The van der Waals surface area contributed by atoms with Crippen molar-refractivity contribution in [2.45, 2.75) is 64.8 Å². The van der Waals surface area contributed by atoms with E-state index in [1.165, 1.54) is 0 Å². The molecule has 1 fully saturated rings. The summed E-state index contributed by atoms with van der Waals surface area (Å²) in [6, 6.07) is 0.263. The van der Waals surface area contributed by atoms with Gasteiger partial charge in [0.05, 0.1) is 23.4 Å². The van der Waals surface area contributed by atoms with E-state index in [0.29, 0.717) is 17.9 Å². The second-order valence-electron chi connectivity index (χ2n) is 6.45. The van der Waals surface area contributed by atoms with Gasteiger partial charge in [-0.1, -0.05) is 20.3 Å². The number of amides is 1. The first kappa shape index (κ1) is 17.5. The Labute approximate surface area is 137 Å². The molecule has 0 aliphatic heterocycles. The third kappa shape index (κ3) is 4.12. The molecule has 2 atom stereocenters. The van der Waals surface area contributed by atoms with Gasteiger partial charge < -0.3 is 10.4 Å². The Hall–Kier alpha value is -1.85. The summed E-state index contributed by atoms with van der Waals surface area (Å²) in [4.78, 5) is 23.7. The number of aromatic nitrogens is 2. The monoisotopic (exact) mass is 321 g/mol. The van der Waals surface area contributed by atoms with Gasteiger partial charge in [0.2, 0.25) is 0 Å². The molecule has 128 valence electrons. The predicted molar refractivity (Wildman–Crippen MR) is 87.6 cm³/mol. The zero-order valence-electron chi connectivity index (χ0n) is 14.2. The van der Waals surface area contributed by atoms with Crippen molar-refractivity contribution >= 4 is 11.9 Å². The molecule has 2 unspecified atom stereocenters. The van der Waals surface area contributed by atoms with Gasteiger partial charge >= 0.3 is 5.97 Å². The zero-order valence-corrected chi connectivity index (χ0v) is 14.2. The van der Waals surface area contributed by atoms with Crippen molar-refractivity contribution in [3.63, 3.8) is 0 Å². The molecule has 1 aromatic rings. The molecular formula is C17H27N3O3. The Morgan fingerprint density at radius 2 is 2.13 bits per heavy atom. The number of carbonyl (C=O) groups excluding carboxylic acids is 1. The van der Waals surface area contributed by atoms with Crippen LogP contribution in [0.5, 0.6) is 0 Å². The molecule has 1 aliphatic rings. The van der Waals surface area contributed by atoms with E-state index in [9.17, 15) is 14.7 Å². The summed E-state index contributed by atoms with van der Waals surface area (Å²) >= 11 is 0. The Balaban J connectivity index is 2.10. The number of aliphatic carboxylic acids is 1. The highest BCUT2D eigenvalue weighted by atomic mass is 16.4. The molecule has 0 bridgehead atoms. The number of rotatable bonds is 9. The van der Waals surface area contributed by atoms with Gasteiger partial charge in [-0.15, -0.1) is 0 Å². The minimum absolute atomic E-state index is 0.167. The van der Waals surface area contributed by atoms with E-state index in [-0.39, 0.29) is 18.5 Å². The van der Waals surface area contributed by atoms with Crippen LogP contribution in [0.4, 0.5) is 0 Å². The summed E-state index contributed by atoms with van der Waals surface area (Å²) in [5.74, 6) is -1.18. The maximum atomic E-state index is 12.5. The van der Waals surface area contributed by atoms with E-state index in [0.717, 1.165) is 31.4 Å². The summed E-state index contributed by atoms with van der Waals surface area (Å²) in [5.41, 5.74) is 1.62. The van der Waals surface area contributed by atoms with Crippen LogP contribution in [-0.4, -0.2) is 33.3 Å². The lowest BCUT2D eigenvalue weighted by atomic mass is 10.0. The van der Waals surface area contributed by atoms with Crippen LogP contribution in [0.1, 0.15) is 80.9 Å². The highest BCUT2D eigenvalue weighted by Gasteiger charge is 2.33. The number of hydrogen-bond donors (Lipinski definition) is 2. The van der Waals surface area contributed by atoms with Gasteiger partial charge in [-0.25, -0.2) is 0 Å². The number of hydrogen-bond acceptors (Lipinski definition) is 3. The van der Waals surface area contributed by atoms with E-state index in [2.05, 4.69) is 24.3 Å². The fourth-order valence-electron chi connectivity index (χ4n) is 2.81. The van der Waals surface area contributed by atoms with E-state index in [1.807, 2.05) is 11.6 Å². The van der Waals surface area contributed by atoms with Crippen LogP contribution in [0.15, 0.2) is 6.20 Å². The number of nitrogens with zero attached hydrogens (tertiary/aromatic N) is 2. The highest BCUT2D eigenvalue weighted by molar-refractivity contribution is 5.95. The van der Waals surface area contributed by atoms with Crippen molar-refractivity contribution < 1.29 is 14.7 Å². The smallest absolute Gasteiger partial charge is 0.308 e. The zero-order chi connectivity index (χ0) is 17.0. The van der Waals surface area contributed by atoms with Gasteiger partial charge in [-0.2, -0.15) is 5.10 Å². The minimum atomic E-state index is -0.857. The van der Waals surface area contributed by atoms with Crippen molar-refractivity contribution in [2.75, 3.05) is 6.54 Å². The Morgan fingerprint density at radius 1 is 1.43 bits per heavy atom. The Bertz CT molecular complexity index is 563. The fourth-order valence-corrected chi connectivity index (χ4v) is 2.81. The summed E-state index contributed by atoms with van der Waals surface area (Å²) in [6.45, 7) is 6.31. The van der Waals surface area contributed by atoms with Crippen LogP contribution < -0.4 is 5.32 Å². The van der Waals surface area contributed by atoms with Crippen molar-refractivity contribution in [1.29, 1.82) is 0 Å². The molecule has 1 amide bonds. The molecule has 1 aromatic heterocycles. The minimum Gasteiger partial charge on any atom is -0.481 e. The lowest BCUT2D eigenvalue weighted by molar-refractivity contribution is -0.141. The maximum Gasteiger partial charge on any atom is 0.308 e. The molecule has 1 heterocycles. The largest absolute Gasteiger partial charge is 0.481 e. The number of carbonyl (C=O) groups is 2. The molecule has 2 N–H and O–H groups in total. The molecule has 23 heavy (non-hydrogen) atoms. The standard InChI is InChI=1S/C17H27N3O3/c1-4-6-13(17(22)23)9-18-16(21)14-10-19-20(11(3)5-2)15(14)12-7-8-12/h10-13H,4-9H2,1-3H3,(H,18,21)(H,22,23). The van der Waals surface area contributed by atoms with Crippen LogP contribution in [0.3, 0.4) is 0 Å². The van der Waals surface area contributed by atoms with Gasteiger partial charge in [0.15, 0.2) is 0 Å². The molecule has 1 saturated carbocycles. The third-order valence-electron chi connectivity index (χ3n) is 4.55. The lowest BCUT2D eigenvalue weighted by Crippen LogP contribution is -2.33. The van der Waals surface area contributed by atoms with Crippen LogP contribution in [0.2, 0.25) is 0 Å². The van der Waals surface area contributed by atoms with Crippen molar-refractivity contribution in [3.05, 3.63) is 17.5 Å². The summed E-state index contributed by atoms with van der Waals surface area (Å²) in [6.07, 6.45) is 6.13. The molecule has 6 heteroatoms. The topological polar surface area (TPSA) is 84.2 Å². The van der Waals surface area contributed by atoms with E-state index in [4.69, 9.17) is 0 Å². The molecule has 1 aliphatic carbocycles. The van der Waals surface area contributed by atoms with Crippen LogP contribution in [-0.2, 0) is 4.79 Å². The molecule has 2 rings (SSSR count). The first-order valence-corrected chi connectivity index (χ1v) is 8.57. The van der Waals surface area contributed by atoms with Crippen LogP contribution >= 0.6 is 0 Å². The SMILES string of the molecule is CCCC(CNC(=O)c1cnn(C(C)CC)c1C1CC1)C(=O)O. The normalized spacial score (nSPS) is 16.8. The summed E-state index contributed by atoms with van der Waals surface area (Å²) in [7, 11) is 0. The molecule has 6 nitrogen and oxygen atoms in total. The van der Waals surface area contributed by atoms with Gasteiger partial charge in [0.25, 0.3) is 5.91 Å². The average Bonchev–Trinajstić information content (AvgIpc) is 3.28. The summed E-state index contributed by atoms with van der Waals surface area (Å²) in [5, 5.41) is 16.4. The van der Waals surface area contributed by atoms with Gasteiger partial charge in [0.1, 0.15) is 0 Å². The van der Waals surface area contributed by atoms with Crippen molar-refractivity contribution in [2.24, 2.45) is 5.92 Å². The molecular weight excluding hydrogens is 294 g/mol. The quantitative estimate of drug-likeness (QED) is 0.732. The van der Waals surface area contributed by atoms with Gasteiger partial charge in [-0.05, 0) is 32.6 Å². The fraction of sp³-hybridized carbons (Fsp3) is 0.706. The lowest BCUT2D eigenvalue weighted by Gasteiger charge is -2.15. The molecule has 0 spiro atoms. The van der Waals surface area contributed by atoms with E-state index >= 15 is 0 Å². The van der Waals surface area contributed by atoms with Gasteiger partial charge in [-0.3, -0.25) is 14.3 Å². The summed E-state index contributed by atoms with van der Waals surface area (Å²) < 4.78 is 1.97. The number of carboxylic acid groups (broad SMARTS) is 1. The number of carboxylic acids is 1. The molecule has 0 radical (unpaired) electrons. The van der Waals surface area contributed by atoms with E-state index < -0.39 is 11.9 Å². The maximum absolute atomic E-state index is 12.5. The second kappa shape index (κ2) is 7.62. The van der Waals surface area contributed by atoms with E-state index in [1.54, 1.807) is 6.20 Å². The third-order valence-corrected chi connectivity index (χ3v) is 4.55. The highest BCUT2D eigenvalue weighted by Crippen LogP contribution is 2.42. The first-order chi connectivity index (χ1) is 11.0. The Kier molecular flexibility index (Phi) is 5.80.